The number of anilines is 2. The number of carbonyl (C=O) groups excluding carboxylic acids is 1. The van der Waals surface area contributed by atoms with Gasteiger partial charge in [0.25, 0.3) is 0 Å². The molecule has 0 radical (unpaired) electrons. The Morgan fingerprint density at radius 3 is 3.07 bits per heavy atom. The topological polar surface area (TPSA) is 58.4 Å². The lowest BCUT2D eigenvalue weighted by atomic mass is 10.1. The third kappa shape index (κ3) is 1.33. The van der Waals surface area contributed by atoms with Crippen LogP contribution in [0.2, 0.25) is 0 Å². The Morgan fingerprint density at radius 2 is 2.36 bits per heavy atom. The number of benzene rings is 1. The molecular weight excluding hydrogens is 178 g/mol. The van der Waals surface area contributed by atoms with Crippen molar-refractivity contribution in [2.24, 2.45) is 5.73 Å². The van der Waals surface area contributed by atoms with Crippen molar-refractivity contribution in [2.45, 2.75) is 6.54 Å². The summed E-state index contributed by atoms with van der Waals surface area (Å²) in [4.78, 5) is 13.2. The normalized spacial score (nSPS) is 15.0. The maximum absolute atomic E-state index is 11.3. The van der Waals surface area contributed by atoms with Gasteiger partial charge in [0.2, 0.25) is 5.91 Å². The van der Waals surface area contributed by atoms with Crippen molar-refractivity contribution >= 4 is 17.3 Å². The van der Waals surface area contributed by atoms with Crippen LogP contribution in [0.15, 0.2) is 18.2 Å². The number of likely N-dealkylation sites (N-methyl/N-ethyl adjacent to an activating group) is 1. The zero-order valence-corrected chi connectivity index (χ0v) is 8.08. The highest BCUT2D eigenvalue weighted by Gasteiger charge is 2.20. The number of hydrogen-bond donors (Lipinski definition) is 2. The zero-order chi connectivity index (χ0) is 10.1. The fraction of sp³-hybridized carbons (Fsp3) is 0.300. The van der Waals surface area contributed by atoms with E-state index in [9.17, 15) is 4.79 Å². The highest BCUT2D eigenvalue weighted by molar-refractivity contribution is 6.01. The van der Waals surface area contributed by atoms with Crippen LogP contribution in [0.5, 0.6) is 0 Å². The minimum absolute atomic E-state index is 0.0224. The van der Waals surface area contributed by atoms with E-state index in [0.717, 1.165) is 16.9 Å². The first-order valence-corrected chi connectivity index (χ1v) is 4.55. The molecule has 3 N–H and O–H groups in total. The van der Waals surface area contributed by atoms with Crippen LogP contribution in [0.1, 0.15) is 5.56 Å². The number of amides is 1. The van der Waals surface area contributed by atoms with Crippen LogP contribution in [-0.2, 0) is 11.3 Å². The average Bonchev–Trinajstić information content (AvgIpc) is 2.16. The van der Waals surface area contributed by atoms with E-state index in [1.165, 1.54) is 0 Å². The van der Waals surface area contributed by atoms with Gasteiger partial charge in [0.15, 0.2) is 0 Å². The molecule has 0 atom stereocenters. The van der Waals surface area contributed by atoms with E-state index in [1.54, 1.807) is 0 Å². The van der Waals surface area contributed by atoms with Crippen molar-refractivity contribution < 1.29 is 4.79 Å². The molecule has 1 heterocycles. The molecule has 0 fully saturated rings. The molecule has 0 saturated carbocycles. The second-order valence-electron chi connectivity index (χ2n) is 3.42. The first-order chi connectivity index (χ1) is 6.72. The van der Waals surface area contributed by atoms with E-state index in [1.807, 2.05) is 30.1 Å². The maximum Gasteiger partial charge on any atom is 0.243 e. The Bertz CT molecular complexity index is 376. The molecule has 1 aromatic carbocycles. The molecule has 4 heteroatoms. The second kappa shape index (κ2) is 3.31. The molecule has 0 unspecified atom stereocenters. The smallest absolute Gasteiger partial charge is 0.243 e. The summed E-state index contributed by atoms with van der Waals surface area (Å²) in [5.41, 5.74) is 8.58. The third-order valence-corrected chi connectivity index (χ3v) is 2.38. The molecule has 4 nitrogen and oxygen atoms in total. The van der Waals surface area contributed by atoms with Crippen molar-refractivity contribution in [1.82, 2.24) is 0 Å². The molecule has 14 heavy (non-hydrogen) atoms. The lowest BCUT2D eigenvalue weighted by Gasteiger charge is -2.29. The fourth-order valence-corrected chi connectivity index (χ4v) is 1.79. The van der Waals surface area contributed by atoms with Crippen LogP contribution in [0.4, 0.5) is 11.4 Å². The van der Waals surface area contributed by atoms with Gasteiger partial charge in [-0.15, -0.1) is 0 Å². The highest BCUT2D eigenvalue weighted by atomic mass is 16.2. The molecule has 0 aromatic heterocycles. The summed E-state index contributed by atoms with van der Waals surface area (Å²) in [6, 6.07) is 5.77. The molecular formula is C10H13N3O. The number of nitrogens with one attached hydrogen (secondary N) is 1. The van der Waals surface area contributed by atoms with Gasteiger partial charge in [0.1, 0.15) is 0 Å². The largest absolute Gasteiger partial charge is 0.363 e. The van der Waals surface area contributed by atoms with Crippen molar-refractivity contribution in [2.75, 3.05) is 23.8 Å². The minimum Gasteiger partial charge on any atom is -0.363 e. The number of carbonyl (C=O) groups is 1. The van der Waals surface area contributed by atoms with Gasteiger partial charge >= 0.3 is 0 Å². The Morgan fingerprint density at radius 1 is 1.57 bits per heavy atom. The fourth-order valence-electron chi connectivity index (χ4n) is 1.79. The molecule has 0 bridgehead atoms. The zero-order valence-electron chi connectivity index (χ0n) is 8.08. The van der Waals surface area contributed by atoms with E-state index >= 15 is 0 Å². The number of nitrogens with zero attached hydrogens (tertiary/aromatic N) is 1. The number of hydrogen-bond acceptors (Lipinski definition) is 3. The summed E-state index contributed by atoms with van der Waals surface area (Å²) in [5, 5.41) is 2.83. The Kier molecular flexibility index (Phi) is 2.13. The van der Waals surface area contributed by atoms with Crippen LogP contribution in [0, 0.1) is 0 Å². The molecule has 0 saturated heterocycles. The van der Waals surface area contributed by atoms with Crippen LogP contribution in [0.3, 0.4) is 0 Å². The van der Waals surface area contributed by atoms with E-state index in [4.69, 9.17) is 5.73 Å². The average molecular weight is 191 g/mol. The van der Waals surface area contributed by atoms with E-state index < -0.39 is 0 Å². The van der Waals surface area contributed by atoms with Crippen molar-refractivity contribution in [3.8, 4) is 0 Å². The summed E-state index contributed by atoms with van der Waals surface area (Å²) in [5.74, 6) is 0.0224. The number of para-hydroxylation sites is 1. The Hall–Kier alpha value is -1.55. The lowest BCUT2D eigenvalue weighted by Crippen LogP contribution is -2.36. The van der Waals surface area contributed by atoms with Gasteiger partial charge in [-0.2, -0.15) is 0 Å². The summed E-state index contributed by atoms with van der Waals surface area (Å²) in [6.45, 7) is 0.882. The summed E-state index contributed by atoms with van der Waals surface area (Å²) in [7, 11) is 1.90. The predicted octanol–water partition coefficient (Wildman–Crippen LogP) is 0.534. The molecule has 74 valence electrons. The monoisotopic (exact) mass is 191 g/mol. The molecule has 0 aliphatic carbocycles. The van der Waals surface area contributed by atoms with E-state index in [2.05, 4.69) is 5.32 Å². The molecule has 1 aliphatic rings. The Balaban J connectivity index is 2.52. The van der Waals surface area contributed by atoms with Gasteiger partial charge in [0, 0.05) is 13.6 Å². The number of rotatable bonds is 1. The maximum atomic E-state index is 11.3. The highest BCUT2D eigenvalue weighted by Crippen LogP contribution is 2.31. The van der Waals surface area contributed by atoms with Gasteiger partial charge < -0.3 is 16.0 Å². The van der Waals surface area contributed by atoms with Gasteiger partial charge in [-0.3, -0.25) is 4.79 Å². The minimum atomic E-state index is 0.0224. The summed E-state index contributed by atoms with van der Waals surface area (Å²) < 4.78 is 0. The second-order valence-corrected chi connectivity index (χ2v) is 3.42. The van der Waals surface area contributed by atoms with Gasteiger partial charge in [-0.25, -0.2) is 0 Å². The standard InChI is InChI=1S/C10H13N3O/c1-13-6-9(14)12-8-4-2-3-7(5-11)10(8)13/h2-4H,5-6,11H2,1H3,(H,12,14). The molecule has 0 spiro atoms. The van der Waals surface area contributed by atoms with E-state index in [0.29, 0.717) is 13.1 Å². The van der Waals surface area contributed by atoms with Crippen molar-refractivity contribution in [1.29, 1.82) is 0 Å². The lowest BCUT2D eigenvalue weighted by molar-refractivity contribution is -0.115. The predicted molar refractivity (Wildman–Crippen MR) is 56.2 cm³/mol. The quantitative estimate of drug-likeness (QED) is 0.681. The first kappa shape index (κ1) is 9.02. The van der Waals surface area contributed by atoms with E-state index in [-0.39, 0.29) is 5.91 Å². The summed E-state index contributed by atoms with van der Waals surface area (Å²) in [6.07, 6.45) is 0. The molecule has 1 aliphatic heterocycles. The van der Waals surface area contributed by atoms with Gasteiger partial charge in [-0.1, -0.05) is 12.1 Å². The SMILES string of the molecule is CN1CC(=O)Nc2cccc(CN)c21. The number of fused-ring (bicyclic) bond motifs is 1. The van der Waals surface area contributed by atoms with Gasteiger partial charge in [-0.05, 0) is 11.6 Å². The summed E-state index contributed by atoms with van der Waals surface area (Å²) >= 11 is 0. The Labute approximate surface area is 82.7 Å². The van der Waals surface area contributed by atoms with Crippen molar-refractivity contribution in [3.63, 3.8) is 0 Å². The molecule has 1 aromatic rings. The third-order valence-electron chi connectivity index (χ3n) is 2.38. The van der Waals surface area contributed by atoms with Crippen LogP contribution in [-0.4, -0.2) is 19.5 Å². The van der Waals surface area contributed by atoms with Crippen LogP contribution in [0.25, 0.3) is 0 Å². The first-order valence-electron chi connectivity index (χ1n) is 4.55. The van der Waals surface area contributed by atoms with Crippen LogP contribution < -0.4 is 16.0 Å². The molecule has 1 amide bonds. The van der Waals surface area contributed by atoms with Crippen molar-refractivity contribution in [3.05, 3.63) is 23.8 Å². The number of nitrogens with two attached hydrogens (primary N) is 1. The molecule has 2 rings (SSSR count). The van der Waals surface area contributed by atoms with Crippen LogP contribution >= 0.6 is 0 Å². The van der Waals surface area contributed by atoms with Gasteiger partial charge in [0.05, 0.1) is 17.9 Å².